The summed E-state index contributed by atoms with van der Waals surface area (Å²) >= 11 is 0. The van der Waals surface area contributed by atoms with E-state index < -0.39 is 5.97 Å². The van der Waals surface area contributed by atoms with Gasteiger partial charge in [-0.15, -0.1) is 0 Å². The number of benzene rings is 1. The normalized spacial score (nSPS) is 9.53. The molecule has 15 heavy (non-hydrogen) atoms. The third kappa shape index (κ3) is 2.12. The molecule has 0 radical (unpaired) electrons. The summed E-state index contributed by atoms with van der Waals surface area (Å²) < 4.78 is 15.0. The summed E-state index contributed by atoms with van der Waals surface area (Å²) in [5.74, 6) is -0.369. The van der Waals surface area contributed by atoms with Gasteiger partial charge in [0.1, 0.15) is 0 Å². The molecule has 0 aliphatic heterocycles. The second kappa shape index (κ2) is 4.54. The molecule has 0 N–H and O–H groups in total. The maximum Gasteiger partial charge on any atom is 0.203 e. The van der Waals surface area contributed by atoms with Crippen molar-refractivity contribution in [2.45, 2.75) is 0 Å². The number of carboxylic acids is 1. The molecule has 82 valence electrons. The topological polar surface area (TPSA) is 67.8 Å². The Morgan fingerprint density at radius 3 is 1.80 bits per heavy atom. The summed E-state index contributed by atoms with van der Waals surface area (Å²) in [6, 6.07) is 2.63. The minimum atomic E-state index is -1.30. The van der Waals surface area contributed by atoms with Crippen molar-refractivity contribution >= 4 is 5.97 Å². The maximum atomic E-state index is 10.7. The first kappa shape index (κ1) is 11.2. The Morgan fingerprint density at radius 2 is 1.53 bits per heavy atom. The van der Waals surface area contributed by atoms with Gasteiger partial charge in [0.2, 0.25) is 5.75 Å². The van der Waals surface area contributed by atoms with Crippen LogP contribution in [0.2, 0.25) is 0 Å². The molecule has 5 nitrogen and oxygen atoms in total. The van der Waals surface area contributed by atoms with Gasteiger partial charge in [0, 0.05) is 5.56 Å². The Kier molecular flexibility index (Phi) is 3.38. The van der Waals surface area contributed by atoms with Crippen molar-refractivity contribution in [3.05, 3.63) is 17.7 Å². The van der Waals surface area contributed by atoms with E-state index in [0.717, 1.165) is 0 Å². The highest BCUT2D eigenvalue weighted by molar-refractivity contribution is 5.87. The summed E-state index contributed by atoms with van der Waals surface area (Å²) in [6.45, 7) is 0. The monoisotopic (exact) mass is 211 g/mol. The van der Waals surface area contributed by atoms with Crippen LogP contribution in [0.3, 0.4) is 0 Å². The van der Waals surface area contributed by atoms with Crippen LogP contribution in [0.5, 0.6) is 17.2 Å². The molecule has 1 aromatic rings. The molecule has 0 aliphatic rings. The summed E-state index contributed by atoms with van der Waals surface area (Å²) in [6.07, 6.45) is 0. The van der Waals surface area contributed by atoms with Crippen molar-refractivity contribution in [2.75, 3.05) is 21.3 Å². The zero-order chi connectivity index (χ0) is 11.4. The van der Waals surface area contributed by atoms with Gasteiger partial charge in [0.25, 0.3) is 0 Å². The highest BCUT2D eigenvalue weighted by Gasteiger charge is 2.13. The Morgan fingerprint density at radius 1 is 1.07 bits per heavy atom. The molecule has 0 heterocycles. The first-order chi connectivity index (χ1) is 7.13. The number of carboxylic acid groups (broad SMARTS) is 1. The van der Waals surface area contributed by atoms with Gasteiger partial charge in [-0.1, -0.05) is 0 Å². The number of rotatable bonds is 4. The van der Waals surface area contributed by atoms with Crippen molar-refractivity contribution in [3.63, 3.8) is 0 Å². The molecule has 0 aliphatic carbocycles. The predicted octanol–water partition coefficient (Wildman–Crippen LogP) is 0.0759. The molecule has 0 amide bonds. The second-order valence-corrected chi connectivity index (χ2v) is 2.70. The Labute approximate surface area is 87.2 Å². The van der Waals surface area contributed by atoms with E-state index in [1.54, 1.807) is 0 Å². The van der Waals surface area contributed by atoms with E-state index in [4.69, 9.17) is 14.2 Å². The molecule has 1 rings (SSSR count). The lowest BCUT2D eigenvalue weighted by Gasteiger charge is -2.14. The second-order valence-electron chi connectivity index (χ2n) is 2.70. The molecule has 1 aromatic carbocycles. The third-order valence-electron chi connectivity index (χ3n) is 1.90. The lowest BCUT2D eigenvalue weighted by atomic mass is 10.2. The first-order valence-corrected chi connectivity index (χ1v) is 4.15. The minimum Gasteiger partial charge on any atom is -0.545 e. The van der Waals surface area contributed by atoms with Crippen LogP contribution in [0.15, 0.2) is 12.1 Å². The number of carbonyl (C=O) groups excluding carboxylic acids is 1. The summed E-state index contributed by atoms with van der Waals surface area (Å²) in [5, 5.41) is 10.7. The number of hydrogen-bond donors (Lipinski definition) is 0. The number of methoxy groups -OCH3 is 3. The van der Waals surface area contributed by atoms with Crippen molar-refractivity contribution < 1.29 is 24.1 Å². The van der Waals surface area contributed by atoms with Gasteiger partial charge in [0.15, 0.2) is 11.5 Å². The van der Waals surface area contributed by atoms with Crippen LogP contribution >= 0.6 is 0 Å². The quantitative estimate of drug-likeness (QED) is 0.705. The Balaban J connectivity index is 3.35. The van der Waals surface area contributed by atoms with E-state index in [9.17, 15) is 9.90 Å². The zero-order valence-electron chi connectivity index (χ0n) is 8.70. The Hall–Kier alpha value is -1.91. The van der Waals surface area contributed by atoms with Gasteiger partial charge in [-0.3, -0.25) is 0 Å². The van der Waals surface area contributed by atoms with Gasteiger partial charge in [-0.2, -0.15) is 0 Å². The number of carbonyl (C=O) groups is 1. The van der Waals surface area contributed by atoms with Crippen molar-refractivity contribution in [1.82, 2.24) is 0 Å². The lowest BCUT2D eigenvalue weighted by molar-refractivity contribution is -0.255. The van der Waals surface area contributed by atoms with Crippen molar-refractivity contribution in [1.29, 1.82) is 0 Å². The zero-order valence-corrected chi connectivity index (χ0v) is 8.70. The van der Waals surface area contributed by atoms with Crippen LogP contribution < -0.4 is 19.3 Å². The SMILES string of the molecule is COc1cc(C(=O)[O-])cc(OC)c1OC. The van der Waals surface area contributed by atoms with Gasteiger partial charge >= 0.3 is 0 Å². The minimum absolute atomic E-state index is 0.0236. The standard InChI is InChI=1S/C10H12O5/c1-13-7-4-6(10(11)12)5-8(14-2)9(7)15-3/h4-5H,1-3H3,(H,11,12)/p-1. The van der Waals surface area contributed by atoms with Crippen LogP contribution in [0, 0.1) is 0 Å². The highest BCUT2D eigenvalue weighted by atomic mass is 16.5. The van der Waals surface area contributed by atoms with Gasteiger partial charge in [0.05, 0.1) is 27.3 Å². The molecule has 0 unspecified atom stereocenters. The lowest BCUT2D eigenvalue weighted by Crippen LogP contribution is -2.22. The fourth-order valence-corrected chi connectivity index (χ4v) is 1.20. The molecule has 0 saturated carbocycles. The molecular weight excluding hydrogens is 200 g/mol. The molecule has 5 heteroatoms. The molecule has 0 aromatic heterocycles. The first-order valence-electron chi connectivity index (χ1n) is 4.15. The fraction of sp³-hybridized carbons (Fsp3) is 0.300. The summed E-state index contributed by atoms with van der Waals surface area (Å²) in [7, 11) is 4.27. The van der Waals surface area contributed by atoms with Crippen LogP contribution in [0.25, 0.3) is 0 Å². The van der Waals surface area contributed by atoms with E-state index in [1.807, 2.05) is 0 Å². The summed E-state index contributed by atoms with van der Waals surface area (Å²) in [5.41, 5.74) is -0.0236. The van der Waals surface area contributed by atoms with Gasteiger partial charge in [-0.05, 0) is 12.1 Å². The van der Waals surface area contributed by atoms with Crippen LogP contribution in [0.1, 0.15) is 10.4 Å². The van der Waals surface area contributed by atoms with Crippen molar-refractivity contribution in [2.24, 2.45) is 0 Å². The van der Waals surface area contributed by atoms with Crippen LogP contribution in [0.4, 0.5) is 0 Å². The molecule has 0 fully saturated rings. The predicted molar refractivity (Wildman–Crippen MR) is 50.4 cm³/mol. The largest absolute Gasteiger partial charge is 0.545 e. The number of hydrogen-bond acceptors (Lipinski definition) is 5. The number of aromatic carboxylic acids is 1. The molecule has 0 bridgehead atoms. The van der Waals surface area contributed by atoms with Crippen molar-refractivity contribution in [3.8, 4) is 17.2 Å². The van der Waals surface area contributed by atoms with E-state index in [1.165, 1.54) is 33.5 Å². The maximum absolute atomic E-state index is 10.7. The van der Waals surface area contributed by atoms with Crippen LogP contribution in [-0.2, 0) is 0 Å². The molecule has 0 atom stereocenters. The highest BCUT2D eigenvalue weighted by Crippen LogP contribution is 2.37. The van der Waals surface area contributed by atoms with Gasteiger partial charge < -0.3 is 24.1 Å². The fourth-order valence-electron chi connectivity index (χ4n) is 1.20. The number of ether oxygens (including phenoxy) is 3. The molecular formula is C10H11O5-. The van der Waals surface area contributed by atoms with E-state index in [2.05, 4.69) is 0 Å². The average molecular weight is 211 g/mol. The summed E-state index contributed by atoms with van der Waals surface area (Å²) in [4.78, 5) is 10.7. The van der Waals surface area contributed by atoms with E-state index >= 15 is 0 Å². The van der Waals surface area contributed by atoms with Gasteiger partial charge in [-0.25, -0.2) is 0 Å². The third-order valence-corrected chi connectivity index (χ3v) is 1.90. The van der Waals surface area contributed by atoms with E-state index in [0.29, 0.717) is 5.75 Å². The van der Waals surface area contributed by atoms with E-state index in [-0.39, 0.29) is 17.1 Å². The smallest absolute Gasteiger partial charge is 0.203 e. The average Bonchev–Trinajstić information content (AvgIpc) is 2.26. The molecule has 0 spiro atoms. The Bertz CT molecular complexity index is 347. The van der Waals surface area contributed by atoms with Crippen LogP contribution in [-0.4, -0.2) is 27.3 Å². The molecule has 0 saturated heterocycles.